The molecule has 1 saturated heterocycles. The molecule has 2 aromatic rings. The standard InChI is InChI=1S/C16H20N4O3/c1-11(18-16(22)19-9-13(21)10-19)12-7-17-20(8-12)14-5-3-4-6-15(14)23-2/h3-8,11,13,21H,9-10H2,1-2H3,(H,18,22). The van der Waals surface area contributed by atoms with Crippen molar-refractivity contribution in [3.05, 3.63) is 42.2 Å². The molecule has 3 rings (SSSR count). The van der Waals surface area contributed by atoms with E-state index >= 15 is 0 Å². The maximum atomic E-state index is 12.0. The van der Waals surface area contributed by atoms with Crippen LogP contribution in [0.25, 0.3) is 5.69 Å². The summed E-state index contributed by atoms with van der Waals surface area (Å²) in [6.07, 6.45) is 3.19. The van der Waals surface area contributed by atoms with Gasteiger partial charge in [-0.2, -0.15) is 5.10 Å². The van der Waals surface area contributed by atoms with E-state index in [-0.39, 0.29) is 12.1 Å². The number of carbonyl (C=O) groups excluding carboxylic acids is 1. The van der Waals surface area contributed by atoms with Gasteiger partial charge in [0.05, 0.1) is 38.5 Å². The van der Waals surface area contributed by atoms with E-state index in [9.17, 15) is 9.90 Å². The zero-order valence-corrected chi connectivity index (χ0v) is 13.1. The van der Waals surface area contributed by atoms with Crippen LogP contribution < -0.4 is 10.1 Å². The summed E-state index contributed by atoms with van der Waals surface area (Å²) >= 11 is 0. The summed E-state index contributed by atoms with van der Waals surface area (Å²) in [7, 11) is 1.62. The molecule has 7 nitrogen and oxygen atoms in total. The van der Waals surface area contributed by atoms with Crippen molar-refractivity contribution in [1.82, 2.24) is 20.0 Å². The minimum Gasteiger partial charge on any atom is -0.494 e. The van der Waals surface area contributed by atoms with Gasteiger partial charge in [-0.05, 0) is 19.1 Å². The van der Waals surface area contributed by atoms with Gasteiger partial charge in [0, 0.05) is 11.8 Å². The Hall–Kier alpha value is -2.54. The van der Waals surface area contributed by atoms with Crippen molar-refractivity contribution in [1.29, 1.82) is 0 Å². The van der Waals surface area contributed by atoms with E-state index in [1.54, 1.807) is 22.9 Å². The number of likely N-dealkylation sites (tertiary alicyclic amines) is 1. The van der Waals surface area contributed by atoms with Gasteiger partial charge in [-0.15, -0.1) is 0 Å². The lowest BCUT2D eigenvalue weighted by molar-refractivity contribution is 0.0259. The molecule has 1 atom stereocenters. The number of hydrogen-bond acceptors (Lipinski definition) is 4. The molecule has 1 fully saturated rings. The van der Waals surface area contributed by atoms with Crippen molar-refractivity contribution in [3.63, 3.8) is 0 Å². The zero-order valence-electron chi connectivity index (χ0n) is 13.1. The fraction of sp³-hybridized carbons (Fsp3) is 0.375. The summed E-state index contributed by atoms with van der Waals surface area (Å²) in [6, 6.07) is 7.25. The van der Waals surface area contributed by atoms with E-state index in [0.29, 0.717) is 13.1 Å². The summed E-state index contributed by atoms with van der Waals surface area (Å²) in [5.41, 5.74) is 1.73. The SMILES string of the molecule is COc1ccccc1-n1cc(C(C)NC(=O)N2CC(O)C2)cn1. The minimum atomic E-state index is -0.399. The number of aliphatic hydroxyl groups is 1. The van der Waals surface area contributed by atoms with E-state index < -0.39 is 6.10 Å². The highest BCUT2D eigenvalue weighted by Crippen LogP contribution is 2.23. The first-order valence-electron chi connectivity index (χ1n) is 7.50. The first-order valence-corrected chi connectivity index (χ1v) is 7.50. The zero-order chi connectivity index (χ0) is 16.4. The summed E-state index contributed by atoms with van der Waals surface area (Å²) < 4.78 is 7.06. The van der Waals surface area contributed by atoms with Gasteiger partial charge in [-0.25, -0.2) is 9.48 Å². The van der Waals surface area contributed by atoms with Crippen LogP contribution in [0.4, 0.5) is 4.79 Å². The second kappa shape index (κ2) is 6.29. The highest BCUT2D eigenvalue weighted by atomic mass is 16.5. The van der Waals surface area contributed by atoms with Gasteiger partial charge in [0.2, 0.25) is 0 Å². The predicted molar refractivity (Wildman–Crippen MR) is 84.6 cm³/mol. The molecule has 0 spiro atoms. The van der Waals surface area contributed by atoms with Gasteiger partial charge < -0.3 is 20.1 Å². The molecule has 0 saturated carbocycles. The maximum Gasteiger partial charge on any atom is 0.318 e. The lowest BCUT2D eigenvalue weighted by Gasteiger charge is -2.36. The molecule has 7 heteroatoms. The number of rotatable bonds is 4. The summed E-state index contributed by atoms with van der Waals surface area (Å²) in [5.74, 6) is 0.730. The third-order valence-corrected chi connectivity index (χ3v) is 3.92. The van der Waals surface area contributed by atoms with Crippen LogP contribution in [-0.2, 0) is 0 Å². The molecule has 1 aromatic heterocycles. The van der Waals surface area contributed by atoms with Crippen LogP contribution in [-0.4, -0.2) is 52.1 Å². The van der Waals surface area contributed by atoms with Crippen molar-refractivity contribution < 1.29 is 14.6 Å². The quantitative estimate of drug-likeness (QED) is 0.892. The number of para-hydroxylation sites is 2. The number of aliphatic hydroxyl groups excluding tert-OH is 1. The number of β-amino-alcohol motifs (C(OH)–C–C–N with tert-alkyl or cyclic N) is 1. The molecule has 23 heavy (non-hydrogen) atoms. The molecule has 1 aliphatic rings. The number of nitrogens with zero attached hydrogens (tertiary/aromatic N) is 3. The van der Waals surface area contributed by atoms with E-state index in [1.807, 2.05) is 37.4 Å². The molecule has 2 amide bonds. The number of urea groups is 1. The topological polar surface area (TPSA) is 79.6 Å². The summed E-state index contributed by atoms with van der Waals surface area (Å²) in [4.78, 5) is 13.6. The van der Waals surface area contributed by atoms with Crippen LogP contribution in [0.1, 0.15) is 18.5 Å². The van der Waals surface area contributed by atoms with Gasteiger partial charge in [-0.1, -0.05) is 12.1 Å². The van der Waals surface area contributed by atoms with Crippen molar-refractivity contribution in [3.8, 4) is 11.4 Å². The first kappa shape index (κ1) is 15.4. The Balaban J connectivity index is 1.70. The van der Waals surface area contributed by atoms with Gasteiger partial charge in [-0.3, -0.25) is 0 Å². The second-order valence-electron chi connectivity index (χ2n) is 5.62. The molecular weight excluding hydrogens is 296 g/mol. The van der Waals surface area contributed by atoms with Gasteiger partial charge in [0.15, 0.2) is 0 Å². The Bertz CT molecular complexity index is 694. The molecule has 1 aromatic carbocycles. The highest BCUT2D eigenvalue weighted by Gasteiger charge is 2.29. The molecule has 0 bridgehead atoms. The van der Waals surface area contributed by atoms with Crippen LogP contribution >= 0.6 is 0 Å². The third-order valence-electron chi connectivity index (χ3n) is 3.92. The highest BCUT2D eigenvalue weighted by molar-refractivity contribution is 5.75. The first-order chi connectivity index (χ1) is 11.1. The maximum absolute atomic E-state index is 12.0. The number of hydrogen-bond donors (Lipinski definition) is 2. The van der Waals surface area contributed by atoms with Crippen molar-refractivity contribution in [2.24, 2.45) is 0 Å². The van der Waals surface area contributed by atoms with Crippen molar-refractivity contribution >= 4 is 6.03 Å². The lowest BCUT2D eigenvalue weighted by Crippen LogP contribution is -2.56. The monoisotopic (exact) mass is 316 g/mol. The smallest absolute Gasteiger partial charge is 0.318 e. The third kappa shape index (κ3) is 3.14. The average molecular weight is 316 g/mol. The molecule has 2 N–H and O–H groups in total. The Morgan fingerprint density at radius 2 is 2.17 bits per heavy atom. The van der Waals surface area contributed by atoms with Crippen molar-refractivity contribution in [2.45, 2.75) is 19.1 Å². The van der Waals surface area contributed by atoms with Crippen LogP contribution in [0.15, 0.2) is 36.7 Å². The fourth-order valence-corrected chi connectivity index (χ4v) is 2.49. The van der Waals surface area contributed by atoms with E-state index in [2.05, 4.69) is 10.4 Å². The van der Waals surface area contributed by atoms with E-state index in [0.717, 1.165) is 17.0 Å². The van der Waals surface area contributed by atoms with Crippen LogP contribution in [0, 0.1) is 0 Å². The van der Waals surface area contributed by atoms with Gasteiger partial charge in [0.25, 0.3) is 0 Å². The minimum absolute atomic E-state index is 0.173. The number of benzene rings is 1. The largest absolute Gasteiger partial charge is 0.494 e. The van der Waals surface area contributed by atoms with Crippen LogP contribution in [0.3, 0.4) is 0 Å². The predicted octanol–water partition coefficient (Wildman–Crippen LogP) is 1.33. The molecule has 1 aliphatic heterocycles. The fourth-order valence-electron chi connectivity index (χ4n) is 2.49. The van der Waals surface area contributed by atoms with Gasteiger partial charge in [0.1, 0.15) is 11.4 Å². The number of ether oxygens (including phenoxy) is 1. The van der Waals surface area contributed by atoms with Crippen molar-refractivity contribution in [2.75, 3.05) is 20.2 Å². The number of carbonyl (C=O) groups is 1. The molecule has 1 unspecified atom stereocenters. The average Bonchev–Trinajstić information content (AvgIpc) is 3.01. The molecule has 122 valence electrons. The Kier molecular flexibility index (Phi) is 4.20. The van der Waals surface area contributed by atoms with E-state index in [4.69, 9.17) is 4.74 Å². The Morgan fingerprint density at radius 3 is 2.87 bits per heavy atom. The van der Waals surface area contributed by atoms with E-state index in [1.165, 1.54) is 0 Å². The second-order valence-corrected chi connectivity index (χ2v) is 5.62. The van der Waals surface area contributed by atoms with Crippen LogP contribution in [0.2, 0.25) is 0 Å². The molecule has 0 aliphatic carbocycles. The summed E-state index contributed by atoms with van der Waals surface area (Å²) in [6.45, 7) is 2.68. The number of amides is 2. The Morgan fingerprint density at radius 1 is 1.43 bits per heavy atom. The number of methoxy groups -OCH3 is 1. The molecule has 2 heterocycles. The number of aromatic nitrogens is 2. The molecular formula is C16H20N4O3. The van der Waals surface area contributed by atoms with Gasteiger partial charge >= 0.3 is 6.03 Å². The lowest BCUT2D eigenvalue weighted by atomic mass is 10.1. The summed E-state index contributed by atoms with van der Waals surface area (Å²) in [5, 5.41) is 16.5. The molecule has 0 radical (unpaired) electrons. The normalized spacial score (nSPS) is 15.9. The Labute approximate surface area is 134 Å². The number of nitrogens with one attached hydrogen (secondary N) is 1. The van der Waals surface area contributed by atoms with Crippen LogP contribution in [0.5, 0.6) is 5.75 Å².